The minimum absolute atomic E-state index is 0.140. The molecule has 1 rings (SSSR count). The first-order valence-corrected chi connectivity index (χ1v) is 5.78. The number of rotatable bonds is 3. The zero-order valence-electron chi connectivity index (χ0n) is 11.2. The second-order valence-electron chi connectivity index (χ2n) is 5.48. The first-order chi connectivity index (χ1) is 7.69. The van der Waals surface area contributed by atoms with Gasteiger partial charge < -0.3 is 15.0 Å². The van der Waals surface area contributed by atoms with Gasteiger partial charge in [-0.05, 0) is 33.3 Å². The van der Waals surface area contributed by atoms with E-state index < -0.39 is 5.60 Å². The van der Waals surface area contributed by atoms with Crippen LogP contribution in [0.1, 0.15) is 27.7 Å². The molecule has 0 atom stereocenters. The first-order valence-electron chi connectivity index (χ1n) is 5.78. The number of ether oxygens (including phenoxy) is 1. The average Bonchev–Trinajstić information content (AvgIpc) is 2.06. The van der Waals surface area contributed by atoms with Gasteiger partial charge in [0.1, 0.15) is 5.60 Å². The van der Waals surface area contributed by atoms with E-state index in [4.69, 9.17) is 4.74 Å². The predicted molar refractivity (Wildman–Crippen MR) is 68.7 cm³/mol. The van der Waals surface area contributed by atoms with Gasteiger partial charge in [-0.25, -0.2) is 4.79 Å². The number of hydrogen-bond acceptors (Lipinski definition) is 3. The number of allylic oxidation sites excluding steroid dienone is 1. The number of likely N-dealkylation sites (tertiary alicyclic amines) is 1. The fourth-order valence-electron chi connectivity index (χ4n) is 1.53. The summed E-state index contributed by atoms with van der Waals surface area (Å²) in [6, 6.07) is 0.140. The van der Waals surface area contributed by atoms with Crippen LogP contribution < -0.4 is 5.32 Å². The van der Waals surface area contributed by atoms with Crippen LogP contribution in [0.25, 0.3) is 0 Å². The lowest BCUT2D eigenvalue weighted by Gasteiger charge is -2.42. The summed E-state index contributed by atoms with van der Waals surface area (Å²) in [6.45, 7) is 16.8. The number of carbonyl (C=O) groups excluding carboxylic acids is 1. The highest BCUT2D eigenvalue weighted by atomic mass is 16.6. The van der Waals surface area contributed by atoms with Crippen molar-refractivity contribution < 1.29 is 9.53 Å². The van der Waals surface area contributed by atoms with Gasteiger partial charge in [0, 0.05) is 18.8 Å². The fraction of sp³-hybridized carbons (Fsp3) is 0.615. The molecule has 4 nitrogen and oxygen atoms in total. The number of amides is 1. The van der Waals surface area contributed by atoms with Crippen molar-refractivity contribution >= 4 is 6.09 Å². The van der Waals surface area contributed by atoms with Crippen molar-refractivity contribution in [1.82, 2.24) is 10.2 Å². The maximum atomic E-state index is 11.5. The van der Waals surface area contributed by atoms with Gasteiger partial charge in [0.15, 0.2) is 0 Å². The summed E-state index contributed by atoms with van der Waals surface area (Å²) >= 11 is 0. The van der Waals surface area contributed by atoms with Crippen LogP contribution in [-0.4, -0.2) is 35.7 Å². The molecular formula is C13H22N2O2. The molecule has 1 heterocycles. The summed E-state index contributed by atoms with van der Waals surface area (Å²) in [7, 11) is 0. The highest BCUT2D eigenvalue weighted by Gasteiger charge is 2.30. The van der Waals surface area contributed by atoms with E-state index in [1.54, 1.807) is 0 Å². The van der Waals surface area contributed by atoms with E-state index in [2.05, 4.69) is 23.4 Å². The fourth-order valence-corrected chi connectivity index (χ4v) is 1.53. The average molecular weight is 238 g/mol. The maximum Gasteiger partial charge on any atom is 0.407 e. The van der Waals surface area contributed by atoms with Gasteiger partial charge in [0.2, 0.25) is 0 Å². The molecule has 0 unspecified atom stereocenters. The van der Waals surface area contributed by atoms with Crippen molar-refractivity contribution in [3.8, 4) is 0 Å². The molecule has 1 aliphatic heterocycles. The third-order valence-corrected chi connectivity index (χ3v) is 2.48. The lowest BCUT2D eigenvalue weighted by atomic mass is 10.1. The van der Waals surface area contributed by atoms with Gasteiger partial charge in [-0.15, -0.1) is 0 Å². The largest absolute Gasteiger partial charge is 0.444 e. The van der Waals surface area contributed by atoms with E-state index in [1.165, 1.54) is 0 Å². The molecule has 17 heavy (non-hydrogen) atoms. The molecule has 0 bridgehead atoms. The molecule has 1 aliphatic rings. The minimum atomic E-state index is -0.450. The highest BCUT2D eigenvalue weighted by Crippen LogP contribution is 2.19. The van der Waals surface area contributed by atoms with Gasteiger partial charge in [0.05, 0.1) is 6.04 Å². The lowest BCUT2D eigenvalue weighted by Crippen LogP contribution is -2.59. The van der Waals surface area contributed by atoms with E-state index in [9.17, 15) is 4.79 Å². The van der Waals surface area contributed by atoms with Crippen LogP contribution in [-0.2, 0) is 4.74 Å². The Morgan fingerprint density at radius 3 is 2.29 bits per heavy atom. The number of carbonyl (C=O) groups is 1. The van der Waals surface area contributed by atoms with Gasteiger partial charge in [-0.3, -0.25) is 0 Å². The molecule has 0 radical (unpaired) electrons. The molecule has 0 saturated carbocycles. The number of hydrogen-bond donors (Lipinski definition) is 1. The minimum Gasteiger partial charge on any atom is -0.444 e. The maximum absolute atomic E-state index is 11.5. The molecule has 1 fully saturated rings. The zero-order chi connectivity index (χ0) is 13.2. The van der Waals surface area contributed by atoms with Crippen LogP contribution in [0.15, 0.2) is 24.4 Å². The smallest absolute Gasteiger partial charge is 0.407 e. The molecule has 4 heteroatoms. The molecule has 0 aromatic rings. The van der Waals surface area contributed by atoms with Crippen LogP contribution in [0.2, 0.25) is 0 Å². The molecule has 1 saturated heterocycles. The van der Waals surface area contributed by atoms with Crippen molar-refractivity contribution in [3.63, 3.8) is 0 Å². The molecule has 1 N–H and O–H groups in total. The molecule has 0 aliphatic carbocycles. The number of nitrogens with zero attached hydrogens (tertiary/aromatic N) is 1. The van der Waals surface area contributed by atoms with Crippen LogP contribution in [0, 0.1) is 0 Å². The Morgan fingerprint density at radius 2 is 1.88 bits per heavy atom. The molecule has 0 spiro atoms. The number of alkyl carbamates (subject to hydrolysis) is 1. The summed E-state index contributed by atoms with van der Waals surface area (Å²) in [5, 5.41) is 2.82. The predicted octanol–water partition coefficient (Wildman–Crippen LogP) is 2.29. The molecule has 1 amide bonds. The van der Waals surface area contributed by atoms with Crippen molar-refractivity contribution in [2.45, 2.75) is 39.3 Å². The van der Waals surface area contributed by atoms with Gasteiger partial charge >= 0.3 is 6.09 Å². The summed E-state index contributed by atoms with van der Waals surface area (Å²) in [6.07, 6.45) is -0.358. The third kappa shape index (κ3) is 4.13. The van der Waals surface area contributed by atoms with Gasteiger partial charge in [-0.1, -0.05) is 13.2 Å². The second kappa shape index (κ2) is 4.82. The molecular weight excluding hydrogens is 216 g/mol. The Labute approximate surface area is 103 Å². The molecule has 96 valence electrons. The van der Waals surface area contributed by atoms with E-state index in [1.807, 2.05) is 27.7 Å². The molecule has 0 aromatic heterocycles. The topological polar surface area (TPSA) is 41.6 Å². The van der Waals surface area contributed by atoms with Crippen LogP contribution in [0.3, 0.4) is 0 Å². The van der Waals surface area contributed by atoms with Crippen molar-refractivity contribution in [1.29, 1.82) is 0 Å². The lowest BCUT2D eigenvalue weighted by molar-refractivity contribution is 0.0437. The van der Waals surface area contributed by atoms with Crippen LogP contribution >= 0.6 is 0 Å². The number of nitrogens with one attached hydrogen (secondary N) is 1. The monoisotopic (exact) mass is 238 g/mol. The van der Waals surface area contributed by atoms with E-state index in [-0.39, 0.29) is 12.1 Å². The SMILES string of the molecule is C=C(C)C(=C)N1CC(NC(=O)OC(C)(C)C)C1. The Balaban J connectivity index is 2.28. The Morgan fingerprint density at radius 1 is 1.35 bits per heavy atom. The van der Waals surface area contributed by atoms with Crippen LogP contribution in [0.4, 0.5) is 4.79 Å². The Hall–Kier alpha value is -1.45. The van der Waals surface area contributed by atoms with E-state index >= 15 is 0 Å². The summed E-state index contributed by atoms with van der Waals surface area (Å²) in [5.74, 6) is 0. The summed E-state index contributed by atoms with van der Waals surface area (Å²) in [5.41, 5.74) is 1.45. The molecule has 0 aromatic carbocycles. The van der Waals surface area contributed by atoms with Crippen LogP contribution in [0.5, 0.6) is 0 Å². The van der Waals surface area contributed by atoms with Crippen molar-refractivity contribution in [2.75, 3.05) is 13.1 Å². The third-order valence-electron chi connectivity index (χ3n) is 2.48. The second-order valence-corrected chi connectivity index (χ2v) is 5.48. The van der Waals surface area contributed by atoms with Gasteiger partial charge in [0.25, 0.3) is 0 Å². The standard InChI is InChI=1S/C13H22N2O2/c1-9(2)10(3)15-7-11(8-15)14-12(16)17-13(4,5)6/h11H,1,3,7-8H2,2,4-6H3,(H,14,16). The van der Waals surface area contributed by atoms with E-state index in [0.717, 1.165) is 24.4 Å². The zero-order valence-corrected chi connectivity index (χ0v) is 11.2. The van der Waals surface area contributed by atoms with Crippen molar-refractivity contribution in [3.05, 3.63) is 24.4 Å². The van der Waals surface area contributed by atoms with Crippen molar-refractivity contribution in [2.24, 2.45) is 0 Å². The normalized spacial score (nSPS) is 16.1. The summed E-state index contributed by atoms with van der Waals surface area (Å²) in [4.78, 5) is 13.6. The van der Waals surface area contributed by atoms with E-state index in [0.29, 0.717) is 0 Å². The summed E-state index contributed by atoms with van der Waals surface area (Å²) < 4.78 is 5.18. The van der Waals surface area contributed by atoms with Gasteiger partial charge in [-0.2, -0.15) is 0 Å². The highest BCUT2D eigenvalue weighted by molar-refractivity contribution is 5.68. The first kappa shape index (κ1) is 13.6. The Bertz CT molecular complexity index is 336. The quantitative estimate of drug-likeness (QED) is 0.767. The Kier molecular flexibility index (Phi) is 3.86.